The van der Waals surface area contributed by atoms with Gasteiger partial charge in [-0.3, -0.25) is 0 Å². The molecule has 2 aromatic heterocycles. The minimum absolute atomic E-state index is 0.289. The average molecular weight is 353 g/mol. The Bertz CT molecular complexity index is 799. The van der Waals surface area contributed by atoms with E-state index < -0.39 is 0 Å². The summed E-state index contributed by atoms with van der Waals surface area (Å²) >= 11 is 0. The van der Waals surface area contributed by atoms with Crippen LogP contribution in [0.4, 0.5) is 11.8 Å². The summed E-state index contributed by atoms with van der Waals surface area (Å²) in [5.74, 6) is 2.39. The van der Waals surface area contributed by atoms with Gasteiger partial charge in [-0.15, -0.1) is 0 Å². The van der Waals surface area contributed by atoms with E-state index in [1.54, 1.807) is 0 Å². The van der Waals surface area contributed by atoms with Gasteiger partial charge in [-0.2, -0.15) is 4.98 Å². The van der Waals surface area contributed by atoms with E-state index >= 15 is 0 Å². The Labute approximate surface area is 154 Å². The first kappa shape index (κ1) is 17.1. The Morgan fingerprint density at radius 3 is 2.73 bits per heavy atom. The van der Waals surface area contributed by atoms with Crippen LogP contribution in [0.2, 0.25) is 0 Å². The van der Waals surface area contributed by atoms with Crippen molar-refractivity contribution < 1.29 is 0 Å². The van der Waals surface area contributed by atoms with Crippen LogP contribution in [-0.4, -0.2) is 32.5 Å². The Balaban J connectivity index is 1.40. The van der Waals surface area contributed by atoms with Gasteiger partial charge in [0.2, 0.25) is 5.95 Å². The van der Waals surface area contributed by atoms with Crippen molar-refractivity contribution >= 4 is 11.8 Å². The fourth-order valence-corrected chi connectivity index (χ4v) is 3.95. The summed E-state index contributed by atoms with van der Waals surface area (Å²) < 4.78 is 0. The number of hydrogen-bond donors (Lipinski definition) is 3. The van der Waals surface area contributed by atoms with Crippen molar-refractivity contribution in [3.8, 4) is 0 Å². The van der Waals surface area contributed by atoms with Gasteiger partial charge in [-0.25, -0.2) is 15.0 Å². The molecule has 1 saturated carbocycles. The van der Waals surface area contributed by atoms with Gasteiger partial charge in [0.1, 0.15) is 11.6 Å². The molecule has 0 radical (unpaired) electrons. The van der Waals surface area contributed by atoms with Gasteiger partial charge in [0.05, 0.1) is 5.69 Å². The lowest BCUT2D eigenvalue weighted by Gasteiger charge is -2.32. The predicted octanol–water partition coefficient (Wildman–Crippen LogP) is 1.90. The largest absolute Gasteiger partial charge is 0.369 e. The summed E-state index contributed by atoms with van der Waals surface area (Å²) in [5, 5.41) is 3.35. The third-order valence-corrected chi connectivity index (χ3v) is 5.45. The van der Waals surface area contributed by atoms with Gasteiger partial charge in [0, 0.05) is 42.4 Å². The van der Waals surface area contributed by atoms with Gasteiger partial charge in [-0.1, -0.05) is 0 Å². The number of hydrogen-bond acceptors (Lipinski definition) is 7. The number of aromatic nitrogens is 4. The molecule has 0 bridgehead atoms. The van der Waals surface area contributed by atoms with E-state index in [4.69, 9.17) is 16.5 Å². The molecule has 0 spiro atoms. The predicted molar refractivity (Wildman–Crippen MR) is 102 cm³/mol. The average Bonchev–Trinajstić information content (AvgIpc) is 2.59. The zero-order valence-corrected chi connectivity index (χ0v) is 15.3. The highest BCUT2D eigenvalue weighted by Gasteiger charge is 2.29. The Morgan fingerprint density at radius 2 is 1.92 bits per heavy atom. The molecular formula is C19H27N7. The van der Waals surface area contributed by atoms with Crippen LogP contribution >= 0.6 is 0 Å². The van der Waals surface area contributed by atoms with Gasteiger partial charge >= 0.3 is 0 Å². The molecule has 0 saturated heterocycles. The second kappa shape index (κ2) is 7.15. The number of nitrogens with one attached hydrogen (secondary N) is 1. The van der Waals surface area contributed by atoms with Gasteiger partial charge in [0.25, 0.3) is 0 Å². The van der Waals surface area contributed by atoms with Crippen LogP contribution < -0.4 is 16.8 Å². The molecule has 0 aromatic carbocycles. The number of nitrogens with zero attached hydrogens (tertiary/aromatic N) is 4. The molecule has 2 heterocycles. The summed E-state index contributed by atoms with van der Waals surface area (Å²) in [7, 11) is 0. The number of fused-ring (bicyclic) bond motifs is 1. The van der Waals surface area contributed by atoms with E-state index in [1.165, 1.54) is 24.1 Å². The monoisotopic (exact) mass is 353 g/mol. The first-order chi connectivity index (χ1) is 12.6. The summed E-state index contributed by atoms with van der Waals surface area (Å²) in [6.45, 7) is 2.82. The Kier molecular flexibility index (Phi) is 4.72. The first-order valence-electron chi connectivity index (χ1n) is 9.57. The maximum absolute atomic E-state index is 5.88. The standard InChI is InChI=1S/C19H27N7/c1-11-14-4-2-3-5-15(14)24-17(23-11)6-7-22-18-10-16(25-19(21)26-18)12-8-13(20)9-12/h10,12-13H,2-9,20H2,1H3,(H3,21,22,25,26). The van der Waals surface area contributed by atoms with Crippen molar-refractivity contribution in [1.82, 2.24) is 19.9 Å². The summed E-state index contributed by atoms with van der Waals surface area (Å²) in [4.78, 5) is 18.1. The van der Waals surface area contributed by atoms with Crippen LogP contribution in [0.5, 0.6) is 0 Å². The molecular weight excluding hydrogens is 326 g/mol. The molecule has 0 atom stereocenters. The van der Waals surface area contributed by atoms with Crippen LogP contribution in [0.3, 0.4) is 0 Å². The van der Waals surface area contributed by atoms with E-state index in [0.717, 1.165) is 61.7 Å². The molecule has 138 valence electrons. The second-order valence-electron chi connectivity index (χ2n) is 7.50. The number of anilines is 2. The van der Waals surface area contributed by atoms with Gasteiger partial charge in [-0.05, 0) is 51.0 Å². The topological polar surface area (TPSA) is 116 Å². The molecule has 0 unspecified atom stereocenters. The van der Waals surface area contributed by atoms with Crippen molar-refractivity contribution in [1.29, 1.82) is 0 Å². The lowest BCUT2D eigenvalue weighted by Crippen LogP contribution is -2.35. The van der Waals surface area contributed by atoms with E-state index in [9.17, 15) is 0 Å². The second-order valence-corrected chi connectivity index (χ2v) is 7.50. The SMILES string of the molecule is Cc1nc(CCNc2cc(C3CC(N)C3)nc(N)n2)nc2c1CCCC2. The maximum Gasteiger partial charge on any atom is 0.222 e. The highest BCUT2D eigenvalue weighted by atomic mass is 15.1. The quantitative estimate of drug-likeness (QED) is 0.751. The third-order valence-electron chi connectivity index (χ3n) is 5.45. The van der Waals surface area contributed by atoms with E-state index in [0.29, 0.717) is 11.9 Å². The lowest BCUT2D eigenvalue weighted by atomic mass is 9.78. The molecule has 5 N–H and O–H groups in total. The zero-order chi connectivity index (χ0) is 18.1. The van der Waals surface area contributed by atoms with Gasteiger partial charge in [0.15, 0.2) is 0 Å². The van der Waals surface area contributed by atoms with E-state index in [1.807, 2.05) is 6.07 Å². The van der Waals surface area contributed by atoms with Crippen LogP contribution in [-0.2, 0) is 19.3 Å². The third kappa shape index (κ3) is 3.62. The summed E-state index contributed by atoms with van der Waals surface area (Å²) in [6, 6.07) is 2.28. The molecule has 2 aliphatic carbocycles. The van der Waals surface area contributed by atoms with Crippen LogP contribution in [0.15, 0.2) is 6.07 Å². The molecule has 26 heavy (non-hydrogen) atoms. The van der Waals surface area contributed by atoms with Crippen LogP contribution in [0, 0.1) is 6.92 Å². The highest BCUT2D eigenvalue weighted by Crippen LogP contribution is 2.35. The smallest absolute Gasteiger partial charge is 0.222 e. The molecule has 2 aromatic rings. The van der Waals surface area contributed by atoms with Crippen molar-refractivity contribution in [3.63, 3.8) is 0 Å². The minimum Gasteiger partial charge on any atom is -0.369 e. The Hall–Kier alpha value is -2.28. The van der Waals surface area contributed by atoms with Crippen LogP contribution in [0.25, 0.3) is 0 Å². The highest BCUT2D eigenvalue weighted by molar-refractivity contribution is 5.42. The molecule has 7 heteroatoms. The van der Waals surface area contributed by atoms with E-state index in [-0.39, 0.29) is 6.04 Å². The van der Waals surface area contributed by atoms with Crippen molar-refractivity contribution in [3.05, 3.63) is 34.5 Å². The fraction of sp³-hybridized carbons (Fsp3) is 0.579. The maximum atomic E-state index is 5.88. The van der Waals surface area contributed by atoms with Crippen molar-refractivity contribution in [2.24, 2.45) is 5.73 Å². The fourth-order valence-electron chi connectivity index (χ4n) is 3.95. The normalized spacial score (nSPS) is 21.8. The first-order valence-corrected chi connectivity index (χ1v) is 9.57. The van der Waals surface area contributed by atoms with Crippen LogP contribution in [0.1, 0.15) is 60.1 Å². The zero-order valence-electron chi connectivity index (χ0n) is 15.3. The van der Waals surface area contributed by atoms with Crippen molar-refractivity contribution in [2.75, 3.05) is 17.6 Å². The Morgan fingerprint density at radius 1 is 1.12 bits per heavy atom. The summed E-state index contributed by atoms with van der Waals surface area (Å²) in [6.07, 6.45) is 7.39. The van der Waals surface area contributed by atoms with Crippen molar-refractivity contribution in [2.45, 2.75) is 63.8 Å². The lowest BCUT2D eigenvalue weighted by molar-refractivity contribution is 0.345. The van der Waals surface area contributed by atoms with Gasteiger partial charge < -0.3 is 16.8 Å². The number of aryl methyl sites for hydroxylation is 2. The molecule has 7 nitrogen and oxygen atoms in total. The minimum atomic E-state index is 0.289. The molecule has 1 fully saturated rings. The molecule has 0 amide bonds. The summed E-state index contributed by atoms with van der Waals surface area (Å²) in [5.41, 5.74) is 16.5. The number of nitrogen functional groups attached to an aromatic ring is 1. The molecule has 2 aliphatic rings. The van der Waals surface area contributed by atoms with E-state index in [2.05, 4.69) is 27.2 Å². The molecule has 4 rings (SSSR count). The number of nitrogens with two attached hydrogens (primary N) is 2. The molecule has 0 aliphatic heterocycles. The number of rotatable bonds is 5.